The Morgan fingerprint density at radius 3 is 2.50 bits per heavy atom. The molecule has 3 aromatic rings. The first-order valence-electron chi connectivity index (χ1n) is 6.62. The normalized spacial score (nSPS) is 12.8. The van der Waals surface area contributed by atoms with Crippen molar-refractivity contribution < 1.29 is 0 Å². The van der Waals surface area contributed by atoms with Gasteiger partial charge < -0.3 is 0 Å². The number of hydrogen-bond acceptors (Lipinski definition) is 2. The molecule has 0 aliphatic carbocycles. The summed E-state index contributed by atoms with van der Waals surface area (Å²) < 4.78 is 2.05. The fourth-order valence-corrected chi connectivity index (χ4v) is 2.68. The van der Waals surface area contributed by atoms with Gasteiger partial charge in [0.25, 0.3) is 0 Å². The molecule has 1 unspecified atom stereocenters. The first kappa shape index (κ1) is 13.1. The molecule has 0 aliphatic rings. The van der Waals surface area contributed by atoms with Gasteiger partial charge in [-0.3, -0.25) is 4.57 Å². The molecule has 1 aromatic carbocycles. The minimum Gasteiger partial charge on any atom is -0.279 e. The molecular weight excluding hydrogens is 270 g/mol. The number of fused-ring (bicyclic) bond motifs is 1. The molecule has 0 saturated carbocycles. The van der Waals surface area contributed by atoms with Crippen molar-refractivity contribution in [3.05, 3.63) is 53.5 Å². The molecule has 1 atom stereocenters. The van der Waals surface area contributed by atoms with Crippen LogP contribution in [0.4, 0.5) is 0 Å². The molecule has 0 spiro atoms. The molecular formula is C16H16ClN3. The molecule has 0 bridgehead atoms. The third-order valence-electron chi connectivity index (χ3n) is 3.26. The van der Waals surface area contributed by atoms with Gasteiger partial charge in [-0.2, -0.15) is 0 Å². The first-order chi connectivity index (χ1) is 9.56. The quantitative estimate of drug-likeness (QED) is 0.656. The Kier molecular flexibility index (Phi) is 3.22. The highest BCUT2D eigenvalue weighted by atomic mass is 35.5. The van der Waals surface area contributed by atoms with Crippen molar-refractivity contribution in [3.63, 3.8) is 0 Å². The highest BCUT2D eigenvalue weighted by Crippen LogP contribution is 2.27. The summed E-state index contributed by atoms with van der Waals surface area (Å²) in [4.78, 5) is 9.08. The lowest BCUT2D eigenvalue weighted by Gasteiger charge is -2.11. The number of hydrogen-bond donors (Lipinski definition) is 0. The van der Waals surface area contributed by atoms with E-state index in [0.717, 1.165) is 22.7 Å². The van der Waals surface area contributed by atoms with Gasteiger partial charge in [0.15, 0.2) is 5.65 Å². The lowest BCUT2D eigenvalue weighted by atomic mass is 10.1. The van der Waals surface area contributed by atoms with E-state index < -0.39 is 0 Å². The average molecular weight is 286 g/mol. The molecule has 0 saturated heterocycles. The van der Waals surface area contributed by atoms with Gasteiger partial charge in [-0.25, -0.2) is 9.97 Å². The zero-order valence-corrected chi connectivity index (χ0v) is 12.5. The van der Waals surface area contributed by atoms with Crippen molar-refractivity contribution >= 4 is 22.8 Å². The molecule has 4 heteroatoms. The molecule has 20 heavy (non-hydrogen) atoms. The minimum atomic E-state index is -0.176. The summed E-state index contributed by atoms with van der Waals surface area (Å²) in [6.07, 6.45) is 1.78. The van der Waals surface area contributed by atoms with Crippen molar-refractivity contribution in [1.29, 1.82) is 0 Å². The number of pyridine rings is 1. The number of nitrogens with zero attached hydrogens (tertiary/aromatic N) is 3. The molecule has 2 heterocycles. The van der Waals surface area contributed by atoms with E-state index in [1.165, 1.54) is 11.1 Å². The highest BCUT2D eigenvalue weighted by Gasteiger charge is 2.17. The number of aromatic nitrogens is 3. The SMILES string of the molecule is Cc1cc(C)cc(-n2c(C(C)Cl)nc3cccnc32)c1. The average Bonchev–Trinajstić information content (AvgIpc) is 2.77. The fourth-order valence-electron chi connectivity index (χ4n) is 2.53. The van der Waals surface area contributed by atoms with E-state index in [2.05, 4.69) is 42.0 Å². The number of benzene rings is 1. The predicted octanol–water partition coefficient (Wildman–Crippen LogP) is 4.34. The molecule has 0 aliphatic heterocycles. The Bertz CT molecular complexity index is 754. The Labute approximate surface area is 123 Å². The number of aryl methyl sites for hydroxylation is 2. The van der Waals surface area contributed by atoms with Crippen LogP contribution in [0.2, 0.25) is 0 Å². The van der Waals surface area contributed by atoms with Crippen molar-refractivity contribution in [2.75, 3.05) is 0 Å². The highest BCUT2D eigenvalue weighted by molar-refractivity contribution is 6.20. The molecule has 0 amide bonds. The second-order valence-electron chi connectivity index (χ2n) is 5.11. The van der Waals surface area contributed by atoms with Gasteiger partial charge in [-0.1, -0.05) is 6.07 Å². The molecule has 102 valence electrons. The van der Waals surface area contributed by atoms with Gasteiger partial charge in [0.05, 0.1) is 5.38 Å². The molecule has 2 aromatic heterocycles. The third-order valence-corrected chi connectivity index (χ3v) is 3.46. The fraction of sp³-hybridized carbons (Fsp3) is 0.250. The minimum absolute atomic E-state index is 0.176. The number of rotatable bonds is 2. The number of halogens is 1. The molecule has 3 rings (SSSR count). The lowest BCUT2D eigenvalue weighted by molar-refractivity contribution is 0.875. The standard InChI is InChI=1S/C16H16ClN3/c1-10-7-11(2)9-13(8-10)20-15(12(3)17)19-14-5-4-6-18-16(14)20/h4-9,12H,1-3H3. The van der Waals surface area contributed by atoms with Gasteiger partial charge in [0.2, 0.25) is 0 Å². The van der Waals surface area contributed by atoms with E-state index in [1.54, 1.807) is 6.20 Å². The van der Waals surface area contributed by atoms with Gasteiger partial charge in [0.1, 0.15) is 11.3 Å². The van der Waals surface area contributed by atoms with Gasteiger partial charge in [0, 0.05) is 11.9 Å². The van der Waals surface area contributed by atoms with Crippen LogP contribution < -0.4 is 0 Å². The Balaban J connectivity index is 2.36. The van der Waals surface area contributed by atoms with Gasteiger partial charge >= 0.3 is 0 Å². The van der Waals surface area contributed by atoms with E-state index in [9.17, 15) is 0 Å². The maximum Gasteiger partial charge on any atom is 0.164 e. The van der Waals surface area contributed by atoms with E-state index in [4.69, 9.17) is 11.6 Å². The summed E-state index contributed by atoms with van der Waals surface area (Å²) in [5.74, 6) is 0.824. The van der Waals surface area contributed by atoms with Gasteiger partial charge in [-0.15, -0.1) is 11.6 Å². The number of alkyl halides is 1. The summed E-state index contributed by atoms with van der Waals surface area (Å²) in [7, 11) is 0. The third kappa shape index (κ3) is 2.18. The second-order valence-corrected chi connectivity index (χ2v) is 5.77. The van der Waals surface area contributed by atoms with Crippen molar-refractivity contribution in [2.24, 2.45) is 0 Å². The smallest absolute Gasteiger partial charge is 0.164 e. The summed E-state index contributed by atoms with van der Waals surface area (Å²) in [6.45, 7) is 6.11. The van der Waals surface area contributed by atoms with Crippen LogP contribution in [0.15, 0.2) is 36.5 Å². The van der Waals surface area contributed by atoms with Crippen LogP contribution in [-0.4, -0.2) is 14.5 Å². The predicted molar refractivity (Wildman–Crippen MR) is 82.6 cm³/mol. The summed E-state index contributed by atoms with van der Waals surface area (Å²) >= 11 is 6.30. The van der Waals surface area contributed by atoms with E-state index in [0.29, 0.717) is 0 Å². The van der Waals surface area contributed by atoms with E-state index in [1.807, 2.05) is 23.6 Å². The summed E-state index contributed by atoms with van der Waals surface area (Å²) in [6, 6.07) is 10.3. The van der Waals surface area contributed by atoms with Crippen LogP contribution in [0.1, 0.15) is 29.3 Å². The van der Waals surface area contributed by atoms with Crippen molar-refractivity contribution in [3.8, 4) is 5.69 Å². The van der Waals surface area contributed by atoms with Crippen LogP contribution in [0.25, 0.3) is 16.9 Å². The van der Waals surface area contributed by atoms with Crippen LogP contribution in [-0.2, 0) is 0 Å². The lowest BCUT2D eigenvalue weighted by Crippen LogP contribution is -2.03. The molecule has 3 nitrogen and oxygen atoms in total. The maximum atomic E-state index is 6.30. The summed E-state index contributed by atoms with van der Waals surface area (Å²) in [5.41, 5.74) is 5.21. The van der Waals surface area contributed by atoms with Crippen LogP contribution in [0.3, 0.4) is 0 Å². The summed E-state index contributed by atoms with van der Waals surface area (Å²) in [5, 5.41) is -0.176. The first-order valence-corrected chi connectivity index (χ1v) is 7.06. The maximum absolute atomic E-state index is 6.30. The van der Waals surface area contributed by atoms with E-state index >= 15 is 0 Å². The van der Waals surface area contributed by atoms with Crippen molar-refractivity contribution in [1.82, 2.24) is 14.5 Å². The Hall–Kier alpha value is -1.87. The Morgan fingerprint density at radius 2 is 1.85 bits per heavy atom. The second kappa shape index (κ2) is 4.91. The largest absolute Gasteiger partial charge is 0.279 e. The molecule has 0 fully saturated rings. The molecule has 0 N–H and O–H groups in total. The van der Waals surface area contributed by atoms with Gasteiger partial charge in [-0.05, 0) is 56.2 Å². The van der Waals surface area contributed by atoms with E-state index in [-0.39, 0.29) is 5.38 Å². The number of imidazole rings is 1. The zero-order chi connectivity index (χ0) is 14.3. The monoisotopic (exact) mass is 285 g/mol. The molecule has 0 radical (unpaired) electrons. The Morgan fingerprint density at radius 1 is 1.15 bits per heavy atom. The van der Waals surface area contributed by atoms with Crippen molar-refractivity contribution in [2.45, 2.75) is 26.1 Å². The zero-order valence-electron chi connectivity index (χ0n) is 11.8. The van der Waals surface area contributed by atoms with Crippen LogP contribution >= 0.6 is 11.6 Å². The van der Waals surface area contributed by atoms with Crippen LogP contribution in [0, 0.1) is 13.8 Å². The topological polar surface area (TPSA) is 30.7 Å². The van der Waals surface area contributed by atoms with Crippen LogP contribution in [0.5, 0.6) is 0 Å².